The molecule has 6 heteroatoms. The second kappa shape index (κ2) is 8.55. The number of rotatable bonds is 6. The maximum Gasteiger partial charge on any atom is 0.317 e. The molecule has 1 aliphatic heterocycles. The fourth-order valence-electron chi connectivity index (χ4n) is 3.22. The van der Waals surface area contributed by atoms with Gasteiger partial charge in [0, 0.05) is 50.3 Å². The van der Waals surface area contributed by atoms with Crippen LogP contribution in [0.15, 0.2) is 48.8 Å². The molecule has 1 aromatic heterocycles. The topological polar surface area (TPSA) is 62.2 Å². The van der Waals surface area contributed by atoms with Gasteiger partial charge in [-0.25, -0.2) is 4.79 Å². The number of nitrogens with one attached hydrogen (secondary N) is 2. The number of carbonyl (C=O) groups excluding carboxylic acids is 1. The van der Waals surface area contributed by atoms with Crippen LogP contribution in [0.25, 0.3) is 0 Å². The molecule has 1 saturated heterocycles. The molecule has 25 heavy (non-hydrogen) atoms. The molecule has 134 valence electrons. The molecule has 0 aliphatic carbocycles. The lowest BCUT2D eigenvalue weighted by Crippen LogP contribution is -2.49. The van der Waals surface area contributed by atoms with Crippen LogP contribution in [-0.2, 0) is 6.54 Å². The van der Waals surface area contributed by atoms with Crippen molar-refractivity contribution in [3.8, 4) is 0 Å². The zero-order valence-electron chi connectivity index (χ0n) is 14.8. The Morgan fingerprint density at radius 2 is 2.16 bits per heavy atom. The number of likely N-dealkylation sites (tertiary alicyclic amines) is 1. The molecule has 2 atom stereocenters. The van der Waals surface area contributed by atoms with Gasteiger partial charge < -0.3 is 15.5 Å². The quantitative estimate of drug-likeness (QED) is 0.849. The smallest absolute Gasteiger partial charge is 0.317 e. The zero-order valence-corrected chi connectivity index (χ0v) is 14.8. The molecule has 6 nitrogen and oxygen atoms in total. The number of urea groups is 1. The molecule has 0 spiro atoms. The van der Waals surface area contributed by atoms with Crippen LogP contribution in [0, 0.1) is 5.92 Å². The van der Waals surface area contributed by atoms with Gasteiger partial charge in [-0.1, -0.05) is 25.1 Å². The molecule has 0 unspecified atom stereocenters. The predicted octanol–water partition coefficient (Wildman–Crippen LogP) is 2.81. The molecule has 2 heterocycles. The lowest BCUT2D eigenvalue weighted by molar-refractivity contribution is 0.180. The lowest BCUT2D eigenvalue weighted by Gasteiger charge is -2.34. The molecule has 2 N–H and O–H groups in total. The van der Waals surface area contributed by atoms with Gasteiger partial charge in [-0.05, 0) is 37.0 Å². The van der Waals surface area contributed by atoms with Gasteiger partial charge in [-0.3, -0.25) is 4.68 Å². The second-order valence-electron chi connectivity index (χ2n) is 6.81. The number of hydrogen-bond acceptors (Lipinski definition) is 3. The Balaban J connectivity index is 1.43. The molecular formula is C19H27N5O. The number of hydrogen-bond donors (Lipinski definition) is 2. The van der Waals surface area contributed by atoms with E-state index in [1.54, 1.807) is 6.20 Å². The fraction of sp³-hybridized carbons (Fsp3) is 0.474. The van der Waals surface area contributed by atoms with Crippen LogP contribution >= 0.6 is 0 Å². The Kier molecular flexibility index (Phi) is 5.93. The van der Waals surface area contributed by atoms with Crippen molar-refractivity contribution in [3.63, 3.8) is 0 Å². The summed E-state index contributed by atoms with van der Waals surface area (Å²) in [7, 11) is 0. The minimum atomic E-state index is 0.0341. The molecule has 1 aromatic carbocycles. The summed E-state index contributed by atoms with van der Waals surface area (Å²) < 4.78 is 1.90. The number of nitrogens with zero attached hydrogens (tertiary/aromatic N) is 3. The SMILES string of the molecule is C[C@H](CNC(=O)N1CCC[C@@H](Nc2ccccc2)C1)Cn1cccn1. The standard InChI is InChI=1S/C19H27N5O/c1-16(14-24-12-6-10-21-24)13-20-19(25)23-11-5-9-18(15-23)22-17-7-3-2-4-8-17/h2-4,6-8,10,12,16,18,22H,5,9,11,13-15H2,1H3,(H,20,25)/t16-,18-/m1/s1. The second-order valence-corrected chi connectivity index (χ2v) is 6.81. The van der Waals surface area contributed by atoms with E-state index in [1.165, 1.54) is 0 Å². The van der Waals surface area contributed by atoms with Crippen LogP contribution in [0.5, 0.6) is 0 Å². The molecule has 2 aromatic rings. The number of piperidine rings is 1. The van der Waals surface area contributed by atoms with Gasteiger partial charge in [0.15, 0.2) is 0 Å². The zero-order chi connectivity index (χ0) is 17.5. The van der Waals surface area contributed by atoms with Crippen molar-refractivity contribution < 1.29 is 4.79 Å². The highest BCUT2D eigenvalue weighted by Crippen LogP contribution is 2.16. The molecule has 1 aliphatic rings. The highest BCUT2D eigenvalue weighted by atomic mass is 16.2. The molecule has 0 bridgehead atoms. The Morgan fingerprint density at radius 1 is 1.32 bits per heavy atom. The third-order valence-electron chi connectivity index (χ3n) is 4.51. The van der Waals surface area contributed by atoms with Crippen molar-refractivity contribution >= 4 is 11.7 Å². The summed E-state index contributed by atoms with van der Waals surface area (Å²) in [6.07, 6.45) is 5.84. The monoisotopic (exact) mass is 341 g/mol. The Bertz CT molecular complexity index is 643. The van der Waals surface area contributed by atoms with E-state index in [-0.39, 0.29) is 6.03 Å². The third-order valence-corrected chi connectivity index (χ3v) is 4.51. The summed E-state index contributed by atoms with van der Waals surface area (Å²) in [5.74, 6) is 0.340. The van der Waals surface area contributed by atoms with Gasteiger partial charge >= 0.3 is 6.03 Å². The Morgan fingerprint density at radius 3 is 2.92 bits per heavy atom. The average Bonchev–Trinajstić information content (AvgIpc) is 3.14. The van der Waals surface area contributed by atoms with E-state index in [1.807, 2.05) is 40.0 Å². The normalized spacial score (nSPS) is 18.6. The van der Waals surface area contributed by atoms with E-state index < -0.39 is 0 Å². The van der Waals surface area contributed by atoms with Gasteiger partial charge in [0.25, 0.3) is 0 Å². The number of amides is 2. The summed E-state index contributed by atoms with van der Waals surface area (Å²) >= 11 is 0. The fourth-order valence-corrected chi connectivity index (χ4v) is 3.22. The first-order valence-electron chi connectivity index (χ1n) is 9.02. The summed E-state index contributed by atoms with van der Waals surface area (Å²) in [6, 6.07) is 12.4. The number of benzene rings is 1. The predicted molar refractivity (Wildman–Crippen MR) is 99.4 cm³/mol. The van der Waals surface area contributed by atoms with Gasteiger partial charge in [0.05, 0.1) is 0 Å². The first-order chi connectivity index (χ1) is 12.2. The molecule has 0 radical (unpaired) electrons. The van der Waals surface area contributed by atoms with Crippen molar-refractivity contribution in [2.45, 2.75) is 32.4 Å². The van der Waals surface area contributed by atoms with Crippen LogP contribution in [0.2, 0.25) is 0 Å². The largest absolute Gasteiger partial charge is 0.381 e. The third kappa shape index (κ3) is 5.24. The summed E-state index contributed by atoms with van der Waals surface area (Å²) in [5, 5.41) is 10.8. The van der Waals surface area contributed by atoms with E-state index in [9.17, 15) is 4.79 Å². The summed E-state index contributed by atoms with van der Waals surface area (Å²) in [4.78, 5) is 14.4. The molecule has 0 saturated carbocycles. The van der Waals surface area contributed by atoms with Gasteiger partial charge in [0.1, 0.15) is 0 Å². The van der Waals surface area contributed by atoms with Crippen molar-refractivity contribution in [2.75, 3.05) is 25.0 Å². The van der Waals surface area contributed by atoms with Crippen LogP contribution < -0.4 is 10.6 Å². The molecular weight excluding hydrogens is 314 g/mol. The maximum atomic E-state index is 12.5. The van der Waals surface area contributed by atoms with Crippen LogP contribution in [0.3, 0.4) is 0 Å². The molecule has 1 fully saturated rings. The van der Waals surface area contributed by atoms with Crippen LogP contribution in [-0.4, -0.2) is 46.4 Å². The van der Waals surface area contributed by atoms with Gasteiger partial charge in [-0.15, -0.1) is 0 Å². The van der Waals surface area contributed by atoms with Gasteiger partial charge in [-0.2, -0.15) is 5.10 Å². The minimum Gasteiger partial charge on any atom is -0.381 e. The van der Waals surface area contributed by atoms with E-state index in [0.717, 1.165) is 38.2 Å². The Labute approximate surface area is 149 Å². The van der Waals surface area contributed by atoms with Crippen molar-refractivity contribution in [1.29, 1.82) is 0 Å². The van der Waals surface area contributed by atoms with Crippen molar-refractivity contribution in [1.82, 2.24) is 20.0 Å². The van der Waals surface area contributed by atoms with Crippen molar-refractivity contribution in [3.05, 3.63) is 48.8 Å². The number of carbonyl (C=O) groups is 1. The molecule has 2 amide bonds. The van der Waals surface area contributed by atoms with E-state index in [2.05, 4.69) is 34.8 Å². The molecule has 3 rings (SSSR count). The minimum absolute atomic E-state index is 0.0341. The van der Waals surface area contributed by atoms with Crippen LogP contribution in [0.4, 0.5) is 10.5 Å². The van der Waals surface area contributed by atoms with Crippen LogP contribution in [0.1, 0.15) is 19.8 Å². The summed E-state index contributed by atoms with van der Waals surface area (Å²) in [6.45, 7) is 5.16. The average molecular weight is 341 g/mol. The van der Waals surface area contributed by atoms with E-state index in [4.69, 9.17) is 0 Å². The lowest BCUT2D eigenvalue weighted by atomic mass is 10.1. The highest BCUT2D eigenvalue weighted by Gasteiger charge is 2.23. The van der Waals surface area contributed by atoms with Crippen molar-refractivity contribution in [2.24, 2.45) is 5.92 Å². The highest BCUT2D eigenvalue weighted by molar-refractivity contribution is 5.74. The number of anilines is 1. The maximum absolute atomic E-state index is 12.5. The first kappa shape index (κ1) is 17.3. The number of para-hydroxylation sites is 1. The summed E-state index contributed by atoms with van der Waals surface area (Å²) in [5.41, 5.74) is 1.11. The first-order valence-corrected chi connectivity index (χ1v) is 9.02. The van der Waals surface area contributed by atoms with E-state index >= 15 is 0 Å². The van der Waals surface area contributed by atoms with Gasteiger partial charge in [0.2, 0.25) is 0 Å². The number of aromatic nitrogens is 2. The van der Waals surface area contributed by atoms with E-state index in [0.29, 0.717) is 18.5 Å². The Hall–Kier alpha value is -2.50.